The molecule has 1 N–H and O–H groups in total. The molecule has 0 aliphatic carbocycles. The molecular weight excluding hydrogens is 304 g/mol. The summed E-state index contributed by atoms with van der Waals surface area (Å²) in [6.07, 6.45) is 4.24. The van der Waals surface area contributed by atoms with Gasteiger partial charge in [-0.1, -0.05) is 6.92 Å². The van der Waals surface area contributed by atoms with Gasteiger partial charge in [0.2, 0.25) is 0 Å². The summed E-state index contributed by atoms with van der Waals surface area (Å²) >= 11 is 3.32. The fourth-order valence-electron chi connectivity index (χ4n) is 1.40. The highest BCUT2D eigenvalue weighted by atomic mass is 79.9. The molecule has 0 aromatic carbocycles. The number of hydrogen-bond donors (Lipinski definition) is 1. The van der Waals surface area contributed by atoms with E-state index in [0.717, 1.165) is 10.9 Å². The van der Waals surface area contributed by atoms with Gasteiger partial charge in [0.25, 0.3) is 5.91 Å². The monoisotopic (exact) mass is 320 g/mol. The average molecular weight is 321 g/mol. The van der Waals surface area contributed by atoms with Crippen LogP contribution in [0.15, 0.2) is 16.7 Å². The van der Waals surface area contributed by atoms with Gasteiger partial charge in [0.1, 0.15) is 5.69 Å². The number of carbonyl (C=O) groups excluding carboxylic acids is 1. The zero-order valence-electron chi connectivity index (χ0n) is 10.2. The lowest BCUT2D eigenvalue weighted by Crippen LogP contribution is -2.28. The molecule has 1 heterocycles. The van der Waals surface area contributed by atoms with Crippen molar-refractivity contribution in [1.82, 2.24) is 9.88 Å². The van der Waals surface area contributed by atoms with Crippen LogP contribution in [-0.4, -0.2) is 32.7 Å². The largest absolute Gasteiger partial charge is 0.351 e. The van der Waals surface area contributed by atoms with Gasteiger partial charge >= 0.3 is 0 Å². The number of nitrogens with one attached hydrogen (secondary N) is 1. The molecule has 2 atom stereocenters. The number of carbonyl (C=O) groups is 1. The van der Waals surface area contributed by atoms with Crippen molar-refractivity contribution in [3.63, 3.8) is 0 Å². The quantitative estimate of drug-likeness (QED) is 0.897. The van der Waals surface area contributed by atoms with E-state index in [-0.39, 0.29) is 11.2 Å². The third-order valence-corrected chi connectivity index (χ3v) is 4.41. The zero-order valence-corrected chi connectivity index (χ0v) is 12.6. The smallest absolute Gasteiger partial charge is 0.267 e. The summed E-state index contributed by atoms with van der Waals surface area (Å²) in [6.45, 7) is 2.46. The molecule has 0 bridgehead atoms. The molecule has 2 unspecified atom stereocenters. The Bertz CT molecular complexity index is 431. The predicted molar refractivity (Wildman–Crippen MR) is 73.6 cm³/mol. The van der Waals surface area contributed by atoms with Crippen molar-refractivity contribution in [2.24, 2.45) is 7.05 Å². The van der Waals surface area contributed by atoms with Crippen molar-refractivity contribution in [3.8, 4) is 0 Å². The number of hydrogen-bond acceptors (Lipinski definition) is 2. The number of amides is 1. The number of aryl methyl sites for hydroxylation is 1. The summed E-state index contributed by atoms with van der Waals surface area (Å²) in [4.78, 5) is 11.8. The molecule has 1 rings (SSSR count). The van der Waals surface area contributed by atoms with Gasteiger partial charge in [-0.15, -0.1) is 0 Å². The topological polar surface area (TPSA) is 51.1 Å². The normalized spacial score (nSPS) is 14.4. The Morgan fingerprint density at radius 2 is 2.29 bits per heavy atom. The van der Waals surface area contributed by atoms with Crippen molar-refractivity contribution in [1.29, 1.82) is 0 Å². The predicted octanol–water partition coefficient (Wildman–Crippen LogP) is 1.67. The van der Waals surface area contributed by atoms with E-state index in [9.17, 15) is 9.00 Å². The summed E-state index contributed by atoms with van der Waals surface area (Å²) in [5, 5.41) is 2.93. The average Bonchev–Trinajstić information content (AvgIpc) is 2.57. The number of halogens is 1. The van der Waals surface area contributed by atoms with Crippen LogP contribution in [0, 0.1) is 0 Å². The molecule has 4 nitrogen and oxygen atoms in total. The van der Waals surface area contributed by atoms with Gasteiger partial charge < -0.3 is 9.88 Å². The molecular formula is C11H17BrN2O2S. The van der Waals surface area contributed by atoms with E-state index in [4.69, 9.17) is 0 Å². The second-order valence-corrected chi connectivity index (χ2v) is 6.73. The Balaban J connectivity index is 2.45. The Labute approximate surface area is 112 Å². The van der Waals surface area contributed by atoms with Crippen molar-refractivity contribution in [2.75, 3.05) is 12.8 Å². The number of rotatable bonds is 5. The third kappa shape index (κ3) is 4.27. The SMILES string of the molecule is CC(CCNC(=O)c1cc(Br)cn1C)S(C)=O. The lowest BCUT2D eigenvalue weighted by atomic mass is 10.3. The molecule has 17 heavy (non-hydrogen) atoms. The number of aromatic nitrogens is 1. The lowest BCUT2D eigenvalue weighted by Gasteiger charge is -2.09. The minimum Gasteiger partial charge on any atom is -0.351 e. The summed E-state index contributed by atoms with van der Waals surface area (Å²) in [6, 6.07) is 1.77. The standard InChI is InChI=1S/C11H17BrN2O2S/c1-8(17(3)16)4-5-13-11(15)10-6-9(12)7-14(10)2/h6-8H,4-5H2,1-3H3,(H,13,15). The van der Waals surface area contributed by atoms with Crippen molar-refractivity contribution in [3.05, 3.63) is 22.4 Å². The molecule has 0 aliphatic heterocycles. The first-order valence-electron chi connectivity index (χ1n) is 5.34. The van der Waals surface area contributed by atoms with Gasteiger partial charge in [0, 0.05) is 46.6 Å². The third-order valence-electron chi connectivity index (χ3n) is 2.61. The highest BCUT2D eigenvalue weighted by Gasteiger charge is 2.11. The maximum atomic E-state index is 11.8. The highest BCUT2D eigenvalue weighted by Crippen LogP contribution is 2.13. The first-order valence-corrected chi connectivity index (χ1v) is 7.75. The van der Waals surface area contributed by atoms with Crippen molar-refractivity contribution >= 4 is 32.6 Å². The van der Waals surface area contributed by atoms with Gasteiger partial charge in [-0.05, 0) is 28.4 Å². The maximum Gasteiger partial charge on any atom is 0.267 e. The van der Waals surface area contributed by atoms with Crippen molar-refractivity contribution < 1.29 is 9.00 Å². The van der Waals surface area contributed by atoms with Gasteiger partial charge in [-0.2, -0.15) is 0 Å². The van der Waals surface area contributed by atoms with Crippen LogP contribution in [0.25, 0.3) is 0 Å². The van der Waals surface area contributed by atoms with Crippen LogP contribution in [-0.2, 0) is 17.8 Å². The summed E-state index contributed by atoms with van der Waals surface area (Å²) < 4.78 is 13.8. The van der Waals surface area contributed by atoms with Crippen LogP contribution >= 0.6 is 15.9 Å². The molecule has 0 radical (unpaired) electrons. The molecule has 6 heteroatoms. The lowest BCUT2D eigenvalue weighted by molar-refractivity contribution is 0.0945. The maximum absolute atomic E-state index is 11.8. The van der Waals surface area contributed by atoms with E-state index in [1.807, 2.05) is 20.2 Å². The number of nitrogens with zero attached hydrogens (tertiary/aromatic N) is 1. The summed E-state index contributed by atoms with van der Waals surface area (Å²) in [5.41, 5.74) is 0.613. The molecule has 1 aromatic heterocycles. The molecule has 0 fully saturated rings. The molecule has 0 aliphatic rings. The van der Waals surface area contributed by atoms with E-state index in [2.05, 4.69) is 21.2 Å². The minimum absolute atomic E-state index is 0.104. The fraction of sp³-hybridized carbons (Fsp3) is 0.545. The molecule has 1 amide bonds. The second kappa shape index (κ2) is 6.35. The van der Waals surface area contributed by atoms with E-state index in [0.29, 0.717) is 12.2 Å². The van der Waals surface area contributed by atoms with Crippen LogP contribution < -0.4 is 5.32 Å². The fourth-order valence-corrected chi connectivity index (χ4v) is 2.37. The summed E-state index contributed by atoms with van der Waals surface area (Å²) in [5.74, 6) is -0.104. The van der Waals surface area contributed by atoms with Crippen LogP contribution in [0.1, 0.15) is 23.8 Å². The van der Waals surface area contributed by atoms with Crippen LogP contribution in [0.3, 0.4) is 0 Å². The summed E-state index contributed by atoms with van der Waals surface area (Å²) in [7, 11) is 0.989. The molecule has 1 aromatic rings. The Morgan fingerprint density at radius 3 is 2.76 bits per heavy atom. The minimum atomic E-state index is -0.834. The molecule has 0 spiro atoms. The Kier molecular flexibility index (Phi) is 5.39. The van der Waals surface area contributed by atoms with E-state index in [1.165, 1.54) is 0 Å². The highest BCUT2D eigenvalue weighted by molar-refractivity contribution is 9.10. The van der Waals surface area contributed by atoms with Gasteiger partial charge in [0.05, 0.1) is 0 Å². The molecule has 0 saturated heterocycles. The van der Waals surface area contributed by atoms with Crippen molar-refractivity contribution in [2.45, 2.75) is 18.6 Å². The zero-order chi connectivity index (χ0) is 13.0. The van der Waals surface area contributed by atoms with Gasteiger partial charge in [0.15, 0.2) is 0 Å². The first kappa shape index (κ1) is 14.4. The van der Waals surface area contributed by atoms with Crippen LogP contribution in [0.2, 0.25) is 0 Å². The van der Waals surface area contributed by atoms with Crippen LogP contribution in [0.4, 0.5) is 0 Å². The first-order chi connectivity index (χ1) is 7.91. The Hall–Kier alpha value is -0.620. The van der Waals surface area contributed by atoms with E-state index in [1.54, 1.807) is 16.9 Å². The van der Waals surface area contributed by atoms with E-state index >= 15 is 0 Å². The van der Waals surface area contributed by atoms with Gasteiger partial charge in [-0.3, -0.25) is 9.00 Å². The molecule has 96 valence electrons. The van der Waals surface area contributed by atoms with E-state index < -0.39 is 10.8 Å². The molecule has 0 saturated carbocycles. The Morgan fingerprint density at radius 1 is 1.65 bits per heavy atom. The second-order valence-electron chi connectivity index (χ2n) is 4.01. The van der Waals surface area contributed by atoms with Gasteiger partial charge in [-0.25, -0.2) is 0 Å². The van der Waals surface area contributed by atoms with Crippen LogP contribution in [0.5, 0.6) is 0 Å².